The van der Waals surface area contributed by atoms with Gasteiger partial charge in [0.2, 0.25) is 0 Å². The Bertz CT molecular complexity index is 778. The van der Waals surface area contributed by atoms with Gasteiger partial charge in [-0.3, -0.25) is 9.89 Å². The largest absolute Gasteiger partial charge is 0.481 e. The second kappa shape index (κ2) is 6.02. The molecule has 0 radical (unpaired) electrons. The van der Waals surface area contributed by atoms with E-state index in [1.807, 2.05) is 24.3 Å². The summed E-state index contributed by atoms with van der Waals surface area (Å²) in [5.41, 5.74) is 7.61. The maximum absolute atomic E-state index is 10.5. The predicted molar refractivity (Wildman–Crippen MR) is 87.0 cm³/mol. The van der Waals surface area contributed by atoms with Gasteiger partial charge in [0.15, 0.2) is 5.82 Å². The fraction of sp³-hybridized carbons (Fsp3) is 0.214. The summed E-state index contributed by atoms with van der Waals surface area (Å²) in [6.45, 7) is 0.508. The average molecular weight is 317 g/mol. The van der Waals surface area contributed by atoms with Crippen molar-refractivity contribution < 1.29 is 9.90 Å². The molecule has 0 aliphatic heterocycles. The molecule has 0 amide bonds. The van der Waals surface area contributed by atoms with Crippen LogP contribution in [0.25, 0.3) is 20.8 Å². The summed E-state index contributed by atoms with van der Waals surface area (Å²) in [7, 11) is 0. The molecule has 0 unspecified atom stereocenters. The Morgan fingerprint density at radius 3 is 3.00 bits per heavy atom. The maximum Gasteiger partial charge on any atom is 0.303 e. The van der Waals surface area contributed by atoms with Gasteiger partial charge in [-0.2, -0.15) is 5.10 Å². The first kappa shape index (κ1) is 14.3. The molecule has 0 atom stereocenters. The van der Waals surface area contributed by atoms with Crippen molar-refractivity contribution in [2.45, 2.75) is 12.8 Å². The second-order valence-electron chi connectivity index (χ2n) is 4.77. The van der Waals surface area contributed by atoms with Gasteiger partial charge in [0.25, 0.3) is 0 Å². The Kier molecular flexibility index (Phi) is 3.92. The van der Waals surface area contributed by atoms with Crippen LogP contribution in [-0.4, -0.2) is 32.8 Å². The normalized spacial score (nSPS) is 10.9. The van der Waals surface area contributed by atoms with Gasteiger partial charge >= 0.3 is 5.97 Å². The molecule has 0 aliphatic rings. The second-order valence-corrected chi connectivity index (χ2v) is 5.80. The van der Waals surface area contributed by atoms with Gasteiger partial charge in [-0.1, -0.05) is 12.1 Å². The van der Waals surface area contributed by atoms with E-state index in [4.69, 9.17) is 10.8 Å². The number of carbonyl (C=O) groups is 1. The molecule has 114 valence electrons. The fourth-order valence-corrected chi connectivity index (χ4v) is 3.15. The number of carboxylic acid groups (broad SMARTS) is 1. The first-order valence-electron chi connectivity index (χ1n) is 6.80. The molecule has 22 heavy (non-hydrogen) atoms. The van der Waals surface area contributed by atoms with E-state index < -0.39 is 5.97 Å². The molecule has 0 fully saturated rings. The number of hydrogen-bond donors (Lipinski definition) is 4. The Balaban J connectivity index is 1.83. The lowest BCUT2D eigenvalue weighted by Crippen LogP contribution is -2.06. The first-order valence-corrected chi connectivity index (χ1v) is 7.62. The number of rotatable bonds is 6. The summed E-state index contributed by atoms with van der Waals surface area (Å²) in [4.78, 5) is 15.1. The highest BCUT2D eigenvalue weighted by atomic mass is 32.1. The Morgan fingerprint density at radius 1 is 1.41 bits per heavy atom. The van der Waals surface area contributed by atoms with E-state index in [0.29, 0.717) is 24.6 Å². The zero-order valence-corrected chi connectivity index (χ0v) is 12.5. The van der Waals surface area contributed by atoms with Crippen molar-refractivity contribution in [3.8, 4) is 10.6 Å². The molecule has 7 nitrogen and oxygen atoms in total. The van der Waals surface area contributed by atoms with Gasteiger partial charge < -0.3 is 16.2 Å². The van der Waals surface area contributed by atoms with E-state index in [0.717, 1.165) is 20.8 Å². The lowest BCUT2D eigenvalue weighted by atomic mass is 10.3. The van der Waals surface area contributed by atoms with Crippen LogP contribution in [0.15, 0.2) is 24.3 Å². The van der Waals surface area contributed by atoms with Crippen LogP contribution in [0, 0.1) is 0 Å². The average Bonchev–Trinajstić information content (AvgIpc) is 3.06. The molecule has 0 saturated carbocycles. The zero-order valence-electron chi connectivity index (χ0n) is 11.7. The van der Waals surface area contributed by atoms with E-state index in [2.05, 4.69) is 20.5 Å². The summed E-state index contributed by atoms with van der Waals surface area (Å²) in [6, 6.07) is 7.86. The molecule has 2 heterocycles. The van der Waals surface area contributed by atoms with Crippen LogP contribution < -0.4 is 11.1 Å². The minimum Gasteiger partial charge on any atom is -0.481 e. The number of carboxylic acids is 1. The van der Waals surface area contributed by atoms with Crippen molar-refractivity contribution in [2.24, 2.45) is 0 Å². The van der Waals surface area contributed by atoms with E-state index in [1.54, 1.807) is 11.3 Å². The van der Waals surface area contributed by atoms with Crippen LogP contribution in [0.2, 0.25) is 0 Å². The quantitative estimate of drug-likeness (QED) is 0.519. The highest BCUT2D eigenvalue weighted by Crippen LogP contribution is 2.36. The third-order valence-corrected chi connectivity index (χ3v) is 4.22. The number of nitrogens with zero attached hydrogens (tertiary/aromatic N) is 2. The molecule has 0 bridgehead atoms. The predicted octanol–water partition coefficient (Wildman–Crippen LogP) is 2.55. The molecule has 0 spiro atoms. The summed E-state index contributed by atoms with van der Waals surface area (Å²) in [5, 5.41) is 19.4. The van der Waals surface area contributed by atoms with Gasteiger partial charge in [0.1, 0.15) is 10.8 Å². The number of aliphatic carboxylic acids is 1. The lowest BCUT2D eigenvalue weighted by Gasteiger charge is -2.03. The molecular formula is C14H15N5O2S. The third kappa shape index (κ3) is 2.86. The summed E-state index contributed by atoms with van der Waals surface area (Å²) < 4.78 is 1.08. The molecule has 3 aromatic rings. The zero-order chi connectivity index (χ0) is 15.5. The Hall–Kier alpha value is -2.61. The Labute approximate surface area is 130 Å². The lowest BCUT2D eigenvalue weighted by molar-refractivity contribution is -0.137. The number of hydrogen-bond acceptors (Lipinski definition) is 6. The minimum atomic E-state index is -0.810. The van der Waals surface area contributed by atoms with Crippen LogP contribution in [0.1, 0.15) is 12.8 Å². The van der Waals surface area contributed by atoms with E-state index >= 15 is 0 Å². The number of para-hydroxylation sites is 1. The van der Waals surface area contributed by atoms with Gasteiger partial charge in [0, 0.05) is 13.0 Å². The number of aromatic amines is 1. The molecule has 0 saturated heterocycles. The molecule has 5 N–H and O–H groups in total. The molecular weight excluding hydrogens is 302 g/mol. The number of thiazole rings is 1. The number of nitrogens with two attached hydrogens (primary N) is 1. The van der Waals surface area contributed by atoms with E-state index in [1.165, 1.54) is 0 Å². The number of H-pyrrole nitrogens is 1. The highest BCUT2D eigenvalue weighted by molar-refractivity contribution is 7.21. The third-order valence-electron chi connectivity index (χ3n) is 3.16. The summed E-state index contributed by atoms with van der Waals surface area (Å²) in [5.74, 6) is 0.233. The number of nitrogen functional groups attached to an aromatic ring is 1. The van der Waals surface area contributed by atoms with Crippen molar-refractivity contribution in [1.82, 2.24) is 15.2 Å². The standard InChI is InChI=1S/C14H15N5O2S/c15-12-11(13(19-18-12)16-7-3-6-10(20)21)14-17-8-4-1-2-5-9(8)22-14/h1-2,4-5H,3,6-7H2,(H,20,21)(H4,15,16,18,19). The first-order chi connectivity index (χ1) is 10.6. The highest BCUT2D eigenvalue weighted by Gasteiger charge is 2.17. The van der Waals surface area contributed by atoms with Crippen LogP contribution in [0.5, 0.6) is 0 Å². The molecule has 3 rings (SSSR count). The van der Waals surface area contributed by atoms with Gasteiger partial charge in [-0.15, -0.1) is 11.3 Å². The van der Waals surface area contributed by atoms with Crippen LogP contribution in [-0.2, 0) is 4.79 Å². The van der Waals surface area contributed by atoms with Crippen LogP contribution in [0.4, 0.5) is 11.6 Å². The van der Waals surface area contributed by atoms with Crippen molar-refractivity contribution >= 4 is 39.2 Å². The minimum absolute atomic E-state index is 0.114. The van der Waals surface area contributed by atoms with Crippen molar-refractivity contribution in [1.29, 1.82) is 0 Å². The molecule has 8 heteroatoms. The number of anilines is 2. The van der Waals surface area contributed by atoms with Crippen LogP contribution in [0.3, 0.4) is 0 Å². The van der Waals surface area contributed by atoms with Crippen molar-refractivity contribution in [3.05, 3.63) is 24.3 Å². The number of aromatic nitrogens is 3. The van der Waals surface area contributed by atoms with Gasteiger partial charge in [-0.05, 0) is 18.6 Å². The van der Waals surface area contributed by atoms with E-state index in [-0.39, 0.29) is 6.42 Å². The van der Waals surface area contributed by atoms with Crippen LogP contribution >= 0.6 is 11.3 Å². The number of fused-ring (bicyclic) bond motifs is 1. The molecule has 2 aromatic heterocycles. The van der Waals surface area contributed by atoms with Gasteiger partial charge in [-0.25, -0.2) is 4.98 Å². The SMILES string of the molecule is Nc1[nH]nc(NCCCC(=O)O)c1-c1nc2ccccc2s1. The Morgan fingerprint density at radius 2 is 2.23 bits per heavy atom. The summed E-state index contributed by atoms with van der Waals surface area (Å²) in [6.07, 6.45) is 0.630. The molecule has 0 aliphatic carbocycles. The maximum atomic E-state index is 10.5. The van der Waals surface area contributed by atoms with Crippen molar-refractivity contribution in [2.75, 3.05) is 17.6 Å². The molecule has 1 aromatic carbocycles. The monoisotopic (exact) mass is 317 g/mol. The number of nitrogens with one attached hydrogen (secondary N) is 2. The fourth-order valence-electron chi connectivity index (χ4n) is 2.13. The number of benzene rings is 1. The summed E-state index contributed by atoms with van der Waals surface area (Å²) >= 11 is 1.54. The van der Waals surface area contributed by atoms with E-state index in [9.17, 15) is 4.79 Å². The van der Waals surface area contributed by atoms with Crippen molar-refractivity contribution in [3.63, 3.8) is 0 Å². The van der Waals surface area contributed by atoms with Gasteiger partial charge in [0.05, 0.1) is 15.8 Å². The smallest absolute Gasteiger partial charge is 0.303 e. The topological polar surface area (TPSA) is 117 Å².